The third-order valence-corrected chi connectivity index (χ3v) is 5.35. The number of anilines is 2. The Hall–Kier alpha value is -2.66. The number of nitrogens with one attached hydrogen (secondary N) is 1. The molecule has 1 aliphatic heterocycles. The van der Waals surface area contributed by atoms with Gasteiger partial charge >= 0.3 is 0 Å². The molecule has 0 saturated carbocycles. The largest absolute Gasteiger partial charge is 0.363 e. The minimum atomic E-state index is 0.175. The van der Waals surface area contributed by atoms with Gasteiger partial charge in [-0.05, 0) is 31.2 Å². The number of fused-ring (bicyclic) bond motifs is 1. The predicted octanol–water partition coefficient (Wildman–Crippen LogP) is 3.94. The zero-order chi connectivity index (χ0) is 18.6. The monoisotopic (exact) mass is 361 g/mol. The summed E-state index contributed by atoms with van der Waals surface area (Å²) in [4.78, 5) is 14.5. The molecule has 2 heterocycles. The summed E-state index contributed by atoms with van der Waals surface area (Å²) in [6.45, 7) is 9.57. The fourth-order valence-electron chi connectivity index (χ4n) is 3.61. The first-order chi connectivity index (χ1) is 13.2. The number of piperazine rings is 1. The number of hydrogen-bond acceptors (Lipinski definition) is 5. The van der Waals surface area contributed by atoms with Crippen molar-refractivity contribution in [1.29, 1.82) is 0 Å². The first kappa shape index (κ1) is 17.7. The van der Waals surface area contributed by atoms with E-state index in [-0.39, 0.29) is 6.04 Å². The maximum atomic E-state index is 4.93. The van der Waals surface area contributed by atoms with E-state index in [1.807, 2.05) is 18.2 Å². The van der Waals surface area contributed by atoms with Crippen molar-refractivity contribution < 1.29 is 0 Å². The lowest BCUT2D eigenvalue weighted by Gasteiger charge is -2.34. The van der Waals surface area contributed by atoms with Gasteiger partial charge in [-0.15, -0.1) is 0 Å². The molecule has 0 amide bonds. The molecule has 5 heteroatoms. The molecule has 1 aromatic heterocycles. The van der Waals surface area contributed by atoms with Crippen LogP contribution in [-0.4, -0.2) is 47.6 Å². The van der Waals surface area contributed by atoms with Crippen LogP contribution in [0.15, 0.2) is 54.6 Å². The van der Waals surface area contributed by atoms with Gasteiger partial charge in [-0.1, -0.05) is 49.4 Å². The molecule has 3 aromatic rings. The van der Waals surface area contributed by atoms with Gasteiger partial charge in [-0.3, -0.25) is 0 Å². The van der Waals surface area contributed by atoms with E-state index in [1.165, 1.54) is 5.56 Å². The summed E-state index contributed by atoms with van der Waals surface area (Å²) in [6, 6.07) is 18.9. The van der Waals surface area contributed by atoms with Crippen LogP contribution in [-0.2, 0) is 0 Å². The Kier molecular flexibility index (Phi) is 5.21. The van der Waals surface area contributed by atoms with Crippen LogP contribution in [0.5, 0.6) is 0 Å². The summed E-state index contributed by atoms with van der Waals surface area (Å²) in [7, 11) is 0. The number of nitrogens with zero attached hydrogens (tertiary/aromatic N) is 4. The van der Waals surface area contributed by atoms with E-state index in [2.05, 4.69) is 65.4 Å². The predicted molar refractivity (Wildman–Crippen MR) is 112 cm³/mol. The van der Waals surface area contributed by atoms with Crippen molar-refractivity contribution in [2.24, 2.45) is 0 Å². The fourth-order valence-corrected chi connectivity index (χ4v) is 3.61. The van der Waals surface area contributed by atoms with Crippen molar-refractivity contribution in [3.05, 3.63) is 60.2 Å². The molecule has 4 rings (SSSR count). The van der Waals surface area contributed by atoms with E-state index < -0.39 is 0 Å². The lowest BCUT2D eigenvalue weighted by atomic mass is 10.1. The highest BCUT2D eigenvalue weighted by atomic mass is 15.3. The molecule has 0 aliphatic carbocycles. The SMILES string of the molecule is CCN1CCN(c2nc(NC(C)c3ccccc3)c3ccccc3n2)CC1. The highest BCUT2D eigenvalue weighted by Crippen LogP contribution is 2.27. The molecule has 5 nitrogen and oxygen atoms in total. The van der Waals surface area contributed by atoms with Gasteiger partial charge in [0.2, 0.25) is 5.95 Å². The zero-order valence-electron chi connectivity index (χ0n) is 16.1. The highest BCUT2D eigenvalue weighted by Gasteiger charge is 2.20. The molecule has 1 fully saturated rings. The lowest BCUT2D eigenvalue weighted by Crippen LogP contribution is -2.46. The Labute approximate surface area is 161 Å². The van der Waals surface area contributed by atoms with Gasteiger partial charge in [0.25, 0.3) is 0 Å². The average Bonchev–Trinajstić information content (AvgIpc) is 2.74. The summed E-state index contributed by atoms with van der Waals surface area (Å²) < 4.78 is 0. The van der Waals surface area contributed by atoms with Crippen molar-refractivity contribution in [2.45, 2.75) is 19.9 Å². The van der Waals surface area contributed by atoms with Crippen LogP contribution in [0.3, 0.4) is 0 Å². The van der Waals surface area contributed by atoms with Crippen LogP contribution in [0, 0.1) is 0 Å². The Bertz CT molecular complexity index is 888. The van der Waals surface area contributed by atoms with Gasteiger partial charge in [0.1, 0.15) is 5.82 Å². The van der Waals surface area contributed by atoms with Crippen LogP contribution in [0.25, 0.3) is 10.9 Å². The van der Waals surface area contributed by atoms with Crippen LogP contribution in [0.1, 0.15) is 25.5 Å². The van der Waals surface area contributed by atoms with E-state index in [0.29, 0.717) is 0 Å². The smallest absolute Gasteiger partial charge is 0.227 e. The standard InChI is InChI=1S/C22H27N5/c1-3-26-13-15-27(16-14-26)22-24-20-12-8-7-11-19(20)21(25-22)23-17(2)18-9-5-4-6-10-18/h4-12,17H,3,13-16H2,1-2H3,(H,23,24,25). The molecule has 1 atom stereocenters. The Morgan fingerprint density at radius 3 is 2.37 bits per heavy atom. The fraction of sp³-hybridized carbons (Fsp3) is 0.364. The molecule has 0 spiro atoms. The maximum absolute atomic E-state index is 4.93. The van der Waals surface area contributed by atoms with Gasteiger partial charge < -0.3 is 15.1 Å². The van der Waals surface area contributed by atoms with Gasteiger partial charge in [0, 0.05) is 37.6 Å². The van der Waals surface area contributed by atoms with Crippen molar-refractivity contribution in [3.8, 4) is 0 Å². The van der Waals surface area contributed by atoms with Crippen molar-refractivity contribution in [3.63, 3.8) is 0 Å². The molecule has 1 unspecified atom stereocenters. The molecule has 140 valence electrons. The number of likely N-dealkylation sites (N-methyl/N-ethyl adjacent to an activating group) is 1. The minimum absolute atomic E-state index is 0.175. The molecule has 0 bridgehead atoms. The number of para-hydroxylation sites is 1. The van der Waals surface area contributed by atoms with Crippen LogP contribution in [0.4, 0.5) is 11.8 Å². The third kappa shape index (κ3) is 3.88. The zero-order valence-corrected chi connectivity index (χ0v) is 16.1. The number of rotatable bonds is 5. The lowest BCUT2D eigenvalue weighted by molar-refractivity contribution is 0.270. The summed E-state index contributed by atoms with van der Waals surface area (Å²) in [5.41, 5.74) is 2.24. The summed E-state index contributed by atoms with van der Waals surface area (Å²) in [6.07, 6.45) is 0. The Balaban J connectivity index is 1.65. The summed E-state index contributed by atoms with van der Waals surface area (Å²) in [5.74, 6) is 1.73. The summed E-state index contributed by atoms with van der Waals surface area (Å²) in [5, 5.41) is 4.68. The molecule has 1 aliphatic rings. The van der Waals surface area contributed by atoms with Gasteiger partial charge in [-0.25, -0.2) is 4.98 Å². The highest BCUT2D eigenvalue weighted by molar-refractivity contribution is 5.90. The normalized spacial score (nSPS) is 16.4. The van der Waals surface area contributed by atoms with E-state index >= 15 is 0 Å². The quantitative estimate of drug-likeness (QED) is 0.746. The topological polar surface area (TPSA) is 44.3 Å². The van der Waals surface area contributed by atoms with E-state index in [0.717, 1.165) is 55.4 Å². The van der Waals surface area contributed by atoms with Gasteiger partial charge in [0.05, 0.1) is 5.52 Å². The summed E-state index contributed by atoms with van der Waals surface area (Å²) >= 11 is 0. The number of hydrogen-bond donors (Lipinski definition) is 1. The minimum Gasteiger partial charge on any atom is -0.363 e. The second kappa shape index (κ2) is 7.92. The first-order valence-corrected chi connectivity index (χ1v) is 9.80. The molecular formula is C22H27N5. The number of aromatic nitrogens is 2. The molecular weight excluding hydrogens is 334 g/mol. The number of benzene rings is 2. The molecule has 1 N–H and O–H groups in total. The van der Waals surface area contributed by atoms with Crippen LogP contribution < -0.4 is 10.2 Å². The molecule has 27 heavy (non-hydrogen) atoms. The Morgan fingerprint density at radius 1 is 0.926 bits per heavy atom. The van der Waals surface area contributed by atoms with Gasteiger partial charge in [-0.2, -0.15) is 4.98 Å². The molecule has 2 aromatic carbocycles. The van der Waals surface area contributed by atoms with Crippen LogP contribution in [0.2, 0.25) is 0 Å². The van der Waals surface area contributed by atoms with Crippen molar-refractivity contribution in [2.75, 3.05) is 42.9 Å². The molecule has 0 radical (unpaired) electrons. The molecule has 1 saturated heterocycles. The second-order valence-electron chi connectivity index (χ2n) is 7.09. The van der Waals surface area contributed by atoms with Gasteiger partial charge in [0.15, 0.2) is 0 Å². The van der Waals surface area contributed by atoms with E-state index in [4.69, 9.17) is 9.97 Å². The van der Waals surface area contributed by atoms with Crippen LogP contribution >= 0.6 is 0 Å². The average molecular weight is 361 g/mol. The first-order valence-electron chi connectivity index (χ1n) is 9.80. The Morgan fingerprint density at radius 2 is 1.63 bits per heavy atom. The maximum Gasteiger partial charge on any atom is 0.227 e. The van der Waals surface area contributed by atoms with Crippen molar-refractivity contribution in [1.82, 2.24) is 14.9 Å². The second-order valence-corrected chi connectivity index (χ2v) is 7.09. The van der Waals surface area contributed by atoms with E-state index in [1.54, 1.807) is 0 Å². The van der Waals surface area contributed by atoms with Crippen molar-refractivity contribution >= 4 is 22.7 Å². The third-order valence-electron chi connectivity index (χ3n) is 5.35. The van der Waals surface area contributed by atoms with E-state index in [9.17, 15) is 0 Å².